The molecule has 2 fully saturated rings. The first kappa shape index (κ1) is 13.6. The number of hydrogen-bond acceptors (Lipinski definition) is 3. The van der Waals surface area contributed by atoms with Crippen LogP contribution in [-0.4, -0.2) is 39.6 Å². The minimum absolute atomic E-state index is 0.348. The zero-order valence-corrected chi connectivity index (χ0v) is 11.7. The van der Waals surface area contributed by atoms with Crippen LogP contribution >= 0.6 is 0 Å². The number of aliphatic carboxylic acids is 1. The predicted molar refractivity (Wildman–Crippen MR) is 76.4 cm³/mol. The number of fused-ring (bicyclic) bond motifs is 2. The fraction of sp³-hybridized carbons (Fsp3) is 0.625. The Labute approximate surface area is 119 Å². The molecule has 2 unspecified atom stereocenters. The van der Waals surface area contributed by atoms with Gasteiger partial charge in [-0.1, -0.05) is 6.07 Å². The Balaban J connectivity index is 1.56. The second kappa shape index (κ2) is 5.92. The van der Waals surface area contributed by atoms with Gasteiger partial charge in [0, 0.05) is 43.4 Å². The molecule has 0 aromatic carbocycles. The van der Waals surface area contributed by atoms with Crippen LogP contribution in [0.1, 0.15) is 37.8 Å². The summed E-state index contributed by atoms with van der Waals surface area (Å²) in [6, 6.07) is 7.27. The molecule has 2 atom stereocenters. The van der Waals surface area contributed by atoms with Crippen LogP contribution in [0.3, 0.4) is 0 Å². The number of nitrogens with zero attached hydrogens (tertiary/aromatic N) is 2. The van der Waals surface area contributed by atoms with Crippen LogP contribution in [0.5, 0.6) is 0 Å². The van der Waals surface area contributed by atoms with Gasteiger partial charge in [0.1, 0.15) is 0 Å². The maximum absolute atomic E-state index is 10.9. The molecule has 1 aromatic heterocycles. The van der Waals surface area contributed by atoms with E-state index in [0.717, 1.165) is 31.5 Å². The zero-order chi connectivity index (χ0) is 13.9. The van der Waals surface area contributed by atoms with Gasteiger partial charge in [-0.05, 0) is 43.7 Å². The monoisotopic (exact) mass is 274 g/mol. The number of aromatic nitrogens is 1. The van der Waals surface area contributed by atoms with E-state index in [4.69, 9.17) is 5.11 Å². The Morgan fingerprint density at radius 1 is 1.30 bits per heavy atom. The molecule has 2 aliphatic heterocycles. The molecule has 3 heterocycles. The van der Waals surface area contributed by atoms with E-state index in [0.29, 0.717) is 24.4 Å². The SMILES string of the molecule is O=C(O)CC1CC2CCC(C1)N2CCc1ccccn1. The van der Waals surface area contributed by atoms with E-state index >= 15 is 0 Å². The average Bonchev–Trinajstić information content (AvgIpc) is 2.67. The molecule has 0 radical (unpaired) electrons. The van der Waals surface area contributed by atoms with Crippen LogP contribution in [0.4, 0.5) is 0 Å². The molecule has 0 saturated carbocycles. The van der Waals surface area contributed by atoms with Crippen molar-refractivity contribution in [1.82, 2.24) is 9.88 Å². The molecule has 3 rings (SSSR count). The molecule has 0 spiro atoms. The summed E-state index contributed by atoms with van der Waals surface area (Å²) in [6.07, 6.45) is 7.80. The zero-order valence-electron chi connectivity index (χ0n) is 11.7. The first-order valence-corrected chi connectivity index (χ1v) is 7.60. The number of pyridine rings is 1. The largest absolute Gasteiger partial charge is 0.481 e. The van der Waals surface area contributed by atoms with Crippen LogP contribution in [0.2, 0.25) is 0 Å². The summed E-state index contributed by atoms with van der Waals surface area (Å²) >= 11 is 0. The molecular formula is C16H22N2O2. The van der Waals surface area contributed by atoms with Gasteiger partial charge in [0.25, 0.3) is 0 Å². The summed E-state index contributed by atoms with van der Waals surface area (Å²) < 4.78 is 0. The highest BCUT2D eigenvalue weighted by Crippen LogP contribution is 2.39. The lowest BCUT2D eigenvalue weighted by molar-refractivity contribution is -0.138. The van der Waals surface area contributed by atoms with Crippen molar-refractivity contribution in [2.24, 2.45) is 5.92 Å². The van der Waals surface area contributed by atoms with Crippen molar-refractivity contribution in [3.8, 4) is 0 Å². The summed E-state index contributed by atoms with van der Waals surface area (Å²) in [7, 11) is 0. The summed E-state index contributed by atoms with van der Waals surface area (Å²) in [5, 5.41) is 8.95. The lowest BCUT2D eigenvalue weighted by atomic mass is 9.88. The van der Waals surface area contributed by atoms with Crippen molar-refractivity contribution in [3.05, 3.63) is 30.1 Å². The highest BCUT2D eigenvalue weighted by atomic mass is 16.4. The molecule has 1 N–H and O–H groups in total. The standard InChI is InChI=1S/C16H22N2O2/c19-16(20)11-12-9-14-4-5-15(10-12)18(14)8-6-13-3-1-2-7-17-13/h1-3,7,12,14-15H,4-6,8-11H2,(H,19,20). The van der Waals surface area contributed by atoms with Crippen molar-refractivity contribution >= 4 is 5.97 Å². The van der Waals surface area contributed by atoms with Crippen molar-refractivity contribution in [2.75, 3.05) is 6.54 Å². The Hall–Kier alpha value is -1.42. The second-order valence-corrected chi connectivity index (χ2v) is 6.13. The van der Waals surface area contributed by atoms with Gasteiger partial charge in [0.05, 0.1) is 0 Å². The van der Waals surface area contributed by atoms with Gasteiger partial charge in [-0.3, -0.25) is 14.7 Å². The molecule has 108 valence electrons. The first-order valence-electron chi connectivity index (χ1n) is 7.60. The minimum Gasteiger partial charge on any atom is -0.481 e. The number of rotatable bonds is 5. The average molecular weight is 274 g/mol. The number of hydrogen-bond donors (Lipinski definition) is 1. The molecule has 2 aliphatic rings. The molecule has 0 amide bonds. The van der Waals surface area contributed by atoms with Crippen molar-refractivity contribution in [3.63, 3.8) is 0 Å². The van der Waals surface area contributed by atoms with E-state index in [9.17, 15) is 4.79 Å². The van der Waals surface area contributed by atoms with Crippen molar-refractivity contribution < 1.29 is 9.90 Å². The Bertz CT molecular complexity index is 449. The van der Waals surface area contributed by atoms with Gasteiger partial charge in [0.15, 0.2) is 0 Å². The van der Waals surface area contributed by atoms with Crippen LogP contribution < -0.4 is 0 Å². The number of carboxylic acid groups (broad SMARTS) is 1. The molecule has 20 heavy (non-hydrogen) atoms. The highest BCUT2D eigenvalue weighted by Gasteiger charge is 2.40. The molecule has 4 heteroatoms. The van der Waals surface area contributed by atoms with Crippen molar-refractivity contribution in [1.29, 1.82) is 0 Å². The summed E-state index contributed by atoms with van der Waals surface area (Å²) in [4.78, 5) is 17.9. The number of carboxylic acids is 1. The summed E-state index contributed by atoms with van der Waals surface area (Å²) in [5.74, 6) is -0.257. The van der Waals surface area contributed by atoms with Gasteiger partial charge in [-0.15, -0.1) is 0 Å². The third kappa shape index (κ3) is 3.01. The van der Waals surface area contributed by atoms with Crippen LogP contribution in [-0.2, 0) is 11.2 Å². The third-order valence-corrected chi connectivity index (χ3v) is 4.80. The predicted octanol–water partition coefficient (Wildman–Crippen LogP) is 2.34. The summed E-state index contributed by atoms with van der Waals surface area (Å²) in [6.45, 7) is 1.06. The Kier molecular flexibility index (Phi) is 4.01. The van der Waals surface area contributed by atoms with Crippen LogP contribution in [0.25, 0.3) is 0 Å². The maximum atomic E-state index is 10.9. The van der Waals surface area contributed by atoms with E-state index in [1.54, 1.807) is 0 Å². The highest BCUT2D eigenvalue weighted by molar-refractivity contribution is 5.67. The van der Waals surface area contributed by atoms with E-state index in [2.05, 4.69) is 16.0 Å². The molecule has 4 nitrogen and oxygen atoms in total. The topological polar surface area (TPSA) is 53.4 Å². The lowest BCUT2D eigenvalue weighted by Crippen LogP contribution is -2.44. The van der Waals surface area contributed by atoms with Gasteiger partial charge in [-0.25, -0.2) is 0 Å². The fourth-order valence-electron chi connectivity index (χ4n) is 3.96. The fourth-order valence-corrected chi connectivity index (χ4v) is 3.96. The minimum atomic E-state index is -0.642. The van der Waals surface area contributed by atoms with E-state index in [-0.39, 0.29) is 0 Å². The van der Waals surface area contributed by atoms with Gasteiger partial charge in [0.2, 0.25) is 0 Å². The third-order valence-electron chi connectivity index (χ3n) is 4.80. The maximum Gasteiger partial charge on any atom is 0.303 e. The van der Waals surface area contributed by atoms with E-state index in [1.165, 1.54) is 12.8 Å². The normalized spacial score (nSPS) is 29.5. The van der Waals surface area contributed by atoms with E-state index in [1.807, 2.05) is 18.3 Å². The van der Waals surface area contributed by atoms with Crippen molar-refractivity contribution in [2.45, 2.75) is 50.6 Å². The Morgan fingerprint density at radius 3 is 2.65 bits per heavy atom. The molecule has 0 aliphatic carbocycles. The lowest BCUT2D eigenvalue weighted by Gasteiger charge is -2.38. The van der Waals surface area contributed by atoms with Crippen LogP contribution in [0, 0.1) is 5.92 Å². The quantitative estimate of drug-likeness (QED) is 0.895. The number of carbonyl (C=O) groups is 1. The molecule has 1 aromatic rings. The number of piperidine rings is 1. The van der Waals surface area contributed by atoms with Crippen LogP contribution in [0.15, 0.2) is 24.4 Å². The van der Waals surface area contributed by atoms with Gasteiger partial charge < -0.3 is 5.11 Å². The van der Waals surface area contributed by atoms with E-state index < -0.39 is 5.97 Å². The molecular weight excluding hydrogens is 252 g/mol. The van der Waals surface area contributed by atoms with Gasteiger partial charge in [-0.2, -0.15) is 0 Å². The summed E-state index contributed by atoms with van der Waals surface area (Å²) in [5.41, 5.74) is 1.15. The van der Waals surface area contributed by atoms with Gasteiger partial charge >= 0.3 is 5.97 Å². The Morgan fingerprint density at radius 2 is 2.05 bits per heavy atom. The molecule has 2 saturated heterocycles. The second-order valence-electron chi connectivity index (χ2n) is 6.13. The first-order chi connectivity index (χ1) is 9.72. The molecule has 2 bridgehead atoms. The smallest absolute Gasteiger partial charge is 0.303 e.